The van der Waals surface area contributed by atoms with Gasteiger partial charge in [0.05, 0.1) is 11.9 Å². The van der Waals surface area contributed by atoms with Crippen molar-refractivity contribution in [1.82, 2.24) is 0 Å². The van der Waals surface area contributed by atoms with Crippen molar-refractivity contribution < 1.29 is 4.74 Å². The standard InChI is InChI=1S/C11H24N2O/c1-9(2)11(12)13-7-5-6-8-14-10(3)4/h9-10H,5-8H2,1-4H3,(H2,12,13). The summed E-state index contributed by atoms with van der Waals surface area (Å²) in [6.45, 7) is 9.87. The third-order valence-corrected chi connectivity index (χ3v) is 1.89. The van der Waals surface area contributed by atoms with Crippen LogP contribution in [-0.4, -0.2) is 25.1 Å². The van der Waals surface area contributed by atoms with Gasteiger partial charge in [-0.15, -0.1) is 0 Å². The van der Waals surface area contributed by atoms with Crippen LogP contribution in [0.2, 0.25) is 0 Å². The molecule has 0 amide bonds. The monoisotopic (exact) mass is 200 g/mol. The Morgan fingerprint density at radius 1 is 1.21 bits per heavy atom. The Morgan fingerprint density at radius 2 is 1.86 bits per heavy atom. The quantitative estimate of drug-likeness (QED) is 0.389. The SMILES string of the molecule is CC(C)OCCCCN=C(N)C(C)C. The minimum atomic E-state index is 0.333. The van der Waals surface area contributed by atoms with Gasteiger partial charge in [-0.1, -0.05) is 13.8 Å². The Labute approximate surface area is 87.7 Å². The highest BCUT2D eigenvalue weighted by molar-refractivity contribution is 5.82. The topological polar surface area (TPSA) is 47.6 Å². The fourth-order valence-corrected chi connectivity index (χ4v) is 0.924. The molecule has 0 spiro atoms. The Morgan fingerprint density at radius 3 is 2.36 bits per heavy atom. The number of unbranched alkanes of at least 4 members (excludes halogenated alkanes) is 1. The van der Waals surface area contributed by atoms with E-state index in [0.717, 1.165) is 31.8 Å². The molecule has 0 aliphatic heterocycles. The van der Waals surface area contributed by atoms with E-state index in [1.807, 2.05) is 0 Å². The average Bonchev–Trinajstić information content (AvgIpc) is 2.09. The second-order valence-electron chi connectivity index (χ2n) is 4.09. The van der Waals surface area contributed by atoms with Gasteiger partial charge in [-0.05, 0) is 26.7 Å². The number of rotatable bonds is 7. The normalized spacial score (nSPS) is 12.9. The van der Waals surface area contributed by atoms with Crippen molar-refractivity contribution in [2.75, 3.05) is 13.2 Å². The first-order chi connectivity index (χ1) is 6.54. The average molecular weight is 200 g/mol. The van der Waals surface area contributed by atoms with Crippen LogP contribution in [0.4, 0.5) is 0 Å². The van der Waals surface area contributed by atoms with Crippen molar-refractivity contribution in [3.05, 3.63) is 0 Å². The molecule has 0 aromatic carbocycles. The summed E-state index contributed by atoms with van der Waals surface area (Å²) in [6.07, 6.45) is 2.45. The molecule has 0 unspecified atom stereocenters. The fourth-order valence-electron chi connectivity index (χ4n) is 0.924. The molecule has 0 heterocycles. The molecule has 0 bridgehead atoms. The van der Waals surface area contributed by atoms with Gasteiger partial charge in [-0.3, -0.25) is 4.99 Å². The molecular weight excluding hydrogens is 176 g/mol. The summed E-state index contributed by atoms with van der Waals surface area (Å²) in [6, 6.07) is 0. The molecule has 0 radical (unpaired) electrons. The van der Waals surface area contributed by atoms with E-state index in [1.54, 1.807) is 0 Å². The second-order valence-corrected chi connectivity index (χ2v) is 4.09. The number of hydrogen-bond acceptors (Lipinski definition) is 2. The van der Waals surface area contributed by atoms with Gasteiger partial charge in [-0.25, -0.2) is 0 Å². The van der Waals surface area contributed by atoms with Gasteiger partial charge in [0, 0.05) is 19.1 Å². The predicted molar refractivity (Wildman–Crippen MR) is 61.6 cm³/mol. The molecule has 3 heteroatoms. The Kier molecular flexibility index (Phi) is 7.48. The molecule has 0 aromatic heterocycles. The third kappa shape index (κ3) is 8.05. The van der Waals surface area contributed by atoms with E-state index < -0.39 is 0 Å². The molecule has 0 aliphatic rings. The van der Waals surface area contributed by atoms with E-state index in [-0.39, 0.29) is 0 Å². The summed E-state index contributed by atoms with van der Waals surface area (Å²) < 4.78 is 5.42. The molecule has 84 valence electrons. The van der Waals surface area contributed by atoms with Crippen LogP contribution >= 0.6 is 0 Å². The summed E-state index contributed by atoms with van der Waals surface area (Å²) >= 11 is 0. The van der Waals surface area contributed by atoms with Gasteiger partial charge in [0.15, 0.2) is 0 Å². The van der Waals surface area contributed by atoms with E-state index in [1.165, 1.54) is 0 Å². The van der Waals surface area contributed by atoms with E-state index in [4.69, 9.17) is 10.5 Å². The third-order valence-electron chi connectivity index (χ3n) is 1.89. The van der Waals surface area contributed by atoms with E-state index >= 15 is 0 Å². The fraction of sp³-hybridized carbons (Fsp3) is 0.909. The van der Waals surface area contributed by atoms with E-state index in [0.29, 0.717) is 12.0 Å². The minimum Gasteiger partial charge on any atom is -0.387 e. The lowest BCUT2D eigenvalue weighted by Gasteiger charge is -2.06. The lowest BCUT2D eigenvalue weighted by Crippen LogP contribution is -2.19. The Balaban J connectivity index is 3.33. The minimum absolute atomic E-state index is 0.333. The van der Waals surface area contributed by atoms with E-state index in [2.05, 4.69) is 32.7 Å². The molecule has 0 aliphatic carbocycles. The van der Waals surface area contributed by atoms with Crippen LogP contribution in [0.5, 0.6) is 0 Å². The summed E-state index contributed by atoms with van der Waals surface area (Å²) in [5.41, 5.74) is 5.70. The predicted octanol–water partition coefficient (Wildman–Crippen LogP) is 2.20. The van der Waals surface area contributed by atoms with Crippen LogP contribution in [0.25, 0.3) is 0 Å². The molecule has 0 rings (SSSR count). The lowest BCUT2D eigenvalue weighted by atomic mass is 10.2. The van der Waals surface area contributed by atoms with Crippen LogP contribution in [0.15, 0.2) is 4.99 Å². The van der Waals surface area contributed by atoms with Gasteiger partial charge in [0.2, 0.25) is 0 Å². The van der Waals surface area contributed by atoms with Crippen molar-refractivity contribution in [2.45, 2.75) is 46.6 Å². The van der Waals surface area contributed by atoms with Crippen molar-refractivity contribution >= 4 is 5.84 Å². The van der Waals surface area contributed by atoms with Gasteiger partial charge in [-0.2, -0.15) is 0 Å². The van der Waals surface area contributed by atoms with Crippen LogP contribution in [0.1, 0.15) is 40.5 Å². The maximum Gasteiger partial charge on any atom is 0.0962 e. The smallest absolute Gasteiger partial charge is 0.0962 e. The van der Waals surface area contributed by atoms with Gasteiger partial charge in [0.25, 0.3) is 0 Å². The molecule has 0 aromatic rings. The van der Waals surface area contributed by atoms with Gasteiger partial charge >= 0.3 is 0 Å². The molecule has 0 atom stereocenters. The van der Waals surface area contributed by atoms with Crippen molar-refractivity contribution in [3.63, 3.8) is 0 Å². The number of hydrogen-bond donors (Lipinski definition) is 1. The highest BCUT2D eigenvalue weighted by atomic mass is 16.5. The zero-order valence-corrected chi connectivity index (χ0v) is 9.92. The molecule has 0 saturated carbocycles. The Hall–Kier alpha value is -0.570. The highest BCUT2D eigenvalue weighted by Crippen LogP contribution is 1.97. The summed E-state index contributed by atoms with van der Waals surface area (Å²) in [5, 5.41) is 0. The number of aliphatic imine (C=N–C) groups is 1. The molecule has 2 N–H and O–H groups in total. The number of nitrogens with two attached hydrogens (primary N) is 1. The van der Waals surface area contributed by atoms with Gasteiger partial charge < -0.3 is 10.5 Å². The first-order valence-corrected chi connectivity index (χ1v) is 5.45. The van der Waals surface area contributed by atoms with E-state index in [9.17, 15) is 0 Å². The van der Waals surface area contributed by atoms with Crippen molar-refractivity contribution in [1.29, 1.82) is 0 Å². The van der Waals surface area contributed by atoms with Crippen LogP contribution in [0.3, 0.4) is 0 Å². The highest BCUT2D eigenvalue weighted by Gasteiger charge is 1.97. The summed E-state index contributed by atoms with van der Waals surface area (Å²) in [4.78, 5) is 4.28. The van der Waals surface area contributed by atoms with Crippen LogP contribution in [-0.2, 0) is 4.74 Å². The maximum absolute atomic E-state index is 5.70. The summed E-state index contributed by atoms with van der Waals surface area (Å²) in [7, 11) is 0. The molecule has 0 fully saturated rings. The zero-order valence-electron chi connectivity index (χ0n) is 9.92. The molecule has 3 nitrogen and oxygen atoms in total. The molecular formula is C11H24N2O. The second kappa shape index (κ2) is 7.80. The summed E-state index contributed by atoms with van der Waals surface area (Å²) in [5.74, 6) is 1.12. The number of amidine groups is 1. The van der Waals surface area contributed by atoms with Crippen LogP contribution < -0.4 is 5.73 Å². The van der Waals surface area contributed by atoms with Gasteiger partial charge in [0.1, 0.15) is 0 Å². The first kappa shape index (κ1) is 13.4. The first-order valence-electron chi connectivity index (χ1n) is 5.45. The number of ether oxygens (including phenoxy) is 1. The molecule has 14 heavy (non-hydrogen) atoms. The Bertz CT molecular complexity index is 165. The van der Waals surface area contributed by atoms with Crippen LogP contribution in [0, 0.1) is 5.92 Å². The molecule has 0 saturated heterocycles. The maximum atomic E-state index is 5.70. The lowest BCUT2D eigenvalue weighted by molar-refractivity contribution is 0.0764. The zero-order chi connectivity index (χ0) is 11.0. The largest absolute Gasteiger partial charge is 0.387 e. The van der Waals surface area contributed by atoms with Crippen molar-refractivity contribution in [3.8, 4) is 0 Å². The van der Waals surface area contributed by atoms with Crippen molar-refractivity contribution in [2.24, 2.45) is 16.6 Å². The number of nitrogens with zero attached hydrogens (tertiary/aromatic N) is 1.